The van der Waals surface area contributed by atoms with Crippen molar-refractivity contribution in [3.05, 3.63) is 47.8 Å². The van der Waals surface area contributed by atoms with E-state index in [9.17, 15) is 9.59 Å². The molecule has 7 heteroatoms. The molecular weight excluding hydrogens is 286 g/mol. The second kappa shape index (κ2) is 7.37. The standard InChI is InChI=1S/C15H17N3O4/c1-22-8-6-14(19)16-10-11-3-2-4-12(9-11)18-7-5-13(17-18)15(20)21/h2-5,7,9H,6,8,10H2,1H3,(H,16,19)(H,20,21). The first kappa shape index (κ1) is 15.7. The number of aromatic nitrogens is 2. The fraction of sp³-hybridized carbons (Fsp3) is 0.267. The first-order valence-electron chi connectivity index (χ1n) is 6.74. The molecule has 0 unspecified atom stereocenters. The topological polar surface area (TPSA) is 93.5 Å². The van der Waals surface area contributed by atoms with Crippen molar-refractivity contribution in [2.45, 2.75) is 13.0 Å². The minimum absolute atomic E-state index is 0.0155. The Bertz CT molecular complexity index is 666. The van der Waals surface area contributed by atoms with Gasteiger partial charge in [0.2, 0.25) is 5.91 Å². The molecule has 22 heavy (non-hydrogen) atoms. The molecule has 0 fully saturated rings. The van der Waals surface area contributed by atoms with E-state index in [1.165, 1.54) is 10.7 Å². The number of methoxy groups -OCH3 is 1. The number of carboxylic acid groups (broad SMARTS) is 1. The number of carbonyl (C=O) groups is 2. The smallest absolute Gasteiger partial charge is 0.356 e. The highest BCUT2D eigenvalue weighted by Gasteiger charge is 2.08. The minimum Gasteiger partial charge on any atom is -0.476 e. The predicted molar refractivity (Wildman–Crippen MR) is 78.9 cm³/mol. The largest absolute Gasteiger partial charge is 0.476 e. The van der Waals surface area contributed by atoms with Crippen LogP contribution in [0, 0.1) is 0 Å². The lowest BCUT2D eigenvalue weighted by atomic mass is 10.2. The maximum atomic E-state index is 11.5. The van der Waals surface area contributed by atoms with Crippen LogP contribution in [0.2, 0.25) is 0 Å². The van der Waals surface area contributed by atoms with Gasteiger partial charge in [0.15, 0.2) is 5.69 Å². The van der Waals surface area contributed by atoms with Crippen LogP contribution < -0.4 is 5.32 Å². The van der Waals surface area contributed by atoms with Crippen LogP contribution in [0.25, 0.3) is 5.69 Å². The first-order chi connectivity index (χ1) is 10.6. The zero-order valence-corrected chi connectivity index (χ0v) is 12.2. The van der Waals surface area contributed by atoms with Crippen LogP contribution in [0.15, 0.2) is 36.5 Å². The third-order valence-corrected chi connectivity index (χ3v) is 3.01. The summed E-state index contributed by atoms with van der Waals surface area (Å²) in [5, 5.41) is 15.6. The fourth-order valence-corrected chi connectivity index (χ4v) is 1.87. The van der Waals surface area contributed by atoms with Crippen molar-refractivity contribution in [2.24, 2.45) is 0 Å². The van der Waals surface area contributed by atoms with E-state index in [0.29, 0.717) is 19.6 Å². The zero-order chi connectivity index (χ0) is 15.9. The number of nitrogens with zero attached hydrogens (tertiary/aromatic N) is 2. The lowest BCUT2D eigenvalue weighted by Crippen LogP contribution is -2.23. The lowest BCUT2D eigenvalue weighted by Gasteiger charge is -2.07. The molecule has 0 bridgehead atoms. The highest BCUT2D eigenvalue weighted by molar-refractivity contribution is 5.85. The number of carbonyl (C=O) groups excluding carboxylic acids is 1. The van der Waals surface area contributed by atoms with Crippen molar-refractivity contribution in [3.8, 4) is 5.69 Å². The summed E-state index contributed by atoms with van der Waals surface area (Å²) in [7, 11) is 1.55. The summed E-state index contributed by atoms with van der Waals surface area (Å²) in [6.45, 7) is 0.778. The van der Waals surface area contributed by atoms with Gasteiger partial charge in [-0.25, -0.2) is 9.48 Å². The Labute approximate surface area is 127 Å². The van der Waals surface area contributed by atoms with Gasteiger partial charge in [0.1, 0.15) is 0 Å². The Balaban J connectivity index is 2.03. The van der Waals surface area contributed by atoms with E-state index >= 15 is 0 Å². The molecule has 1 heterocycles. The maximum Gasteiger partial charge on any atom is 0.356 e. The number of ether oxygens (including phenoxy) is 1. The van der Waals surface area contributed by atoms with E-state index in [1.54, 1.807) is 13.3 Å². The van der Waals surface area contributed by atoms with Crippen molar-refractivity contribution in [3.63, 3.8) is 0 Å². The molecule has 0 aliphatic heterocycles. The third kappa shape index (κ3) is 4.16. The van der Waals surface area contributed by atoms with Crippen molar-refractivity contribution < 1.29 is 19.4 Å². The summed E-state index contributed by atoms with van der Waals surface area (Å²) < 4.78 is 6.33. The van der Waals surface area contributed by atoms with Crippen molar-refractivity contribution in [2.75, 3.05) is 13.7 Å². The van der Waals surface area contributed by atoms with Crippen LogP contribution in [0.3, 0.4) is 0 Å². The summed E-state index contributed by atoms with van der Waals surface area (Å²) in [6, 6.07) is 8.79. The molecule has 0 saturated carbocycles. The van der Waals surface area contributed by atoms with Gasteiger partial charge in [0.25, 0.3) is 0 Å². The van der Waals surface area contributed by atoms with Gasteiger partial charge in [-0.15, -0.1) is 0 Å². The number of aromatic carboxylic acids is 1. The van der Waals surface area contributed by atoms with E-state index in [2.05, 4.69) is 10.4 Å². The quantitative estimate of drug-likeness (QED) is 0.802. The van der Waals surface area contributed by atoms with Crippen molar-refractivity contribution in [1.29, 1.82) is 0 Å². The molecule has 2 N–H and O–H groups in total. The number of hydrogen-bond donors (Lipinski definition) is 2. The summed E-state index contributed by atoms with van der Waals surface area (Å²) in [4.78, 5) is 22.4. The summed E-state index contributed by atoms with van der Waals surface area (Å²) in [5.41, 5.74) is 1.62. The molecule has 2 aromatic rings. The monoisotopic (exact) mass is 303 g/mol. The molecule has 1 aromatic heterocycles. The summed E-state index contributed by atoms with van der Waals surface area (Å²) in [5.74, 6) is -1.15. The summed E-state index contributed by atoms with van der Waals surface area (Å²) >= 11 is 0. The highest BCUT2D eigenvalue weighted by Crippen LogP contribution is 2.11. The van der Waals surface area contributed by atoms with Gasteiger partial charge >= 0.3 is 5.97 Å². The van der Waals surface area contributed by atoms with E-state index < -0.39 is 5.97 Å². The Hall–Kier alpha value is -2.67. The molecular formula is C15H17N3O4. The third-order valence-electron chi connectivity index (χ3n) is 3.01. The van der Waals surface area contributed by atoms with E-state index in [-0.39, 0.29) is 11.6 Å². The van der Waals surface area contributed by atoms with Crippen LogP contribution in [0.4, 0.5) is 0 Å². The lowest BCUT2D eigenvalue weighted by molar-refractivity contribution is -0.122. The normalized spacial score (nSPS) is 10.4. The number of rotatable bonds is 7. The van der Waals surface area contributed by atoms with Gasteiger partial charge in [-0.1, -0.05) is 12.1 Å². The van der Waals surface area contributed by atoms with Crippen molar-refractivity contribution >= 4 is 11.9 Å². The maximum absolute atomic E-state index is 11.5. The average molecular weight is 303 g/mol. The van der Waals surface area contributed by atoms with E-state index in [4.69, 9.17) is 9.84 Å². The van der Waals surface area contributed by atoms with Gasteiger partial charge in [-0.2, -0.15) is 5.10 Å². The number of carboxylic acids is 1. The number of nitrogens with one attached hydrogen (secondary N) is 1. The number of benzene rings is 1. The molecule has 0 saturated heterocycles. The van der Waals surface area contributed by atoms with E-state index in [1.807, 2.05) is 24.3 Å². The second-order valence-electron chi connectivity index (χ2n) is 4.64. The molecule has 0 atom stereocenters. The molecule has 0 aliphatic rings. The molecule has 116 valence electrons. The average Bonchev–Trinajstić information content (AvgIpc) is 3.01. The van der Waals surface area contributed by atoms with Crippen LogP contribution in [0.1, 0.15) is 22.5 Å². The Morgan fingerprint density at radius 2 is 2.18 bits per heavy atom. The van der Waals surface area contributed by atoms with Gasteiger partial charge < -0.3 is 15.2 Å². The van der Waals surface area contributed by atoms with Crippen LogP contribution in [-0.4, -0.2) is 40.5 Å². The minimum atomic E-state index is -1.07. The number of amides is 1. The van der Waals surface area contributed by atoms with Crippen LogP contribution in [0.5, 0.6) is 0 Å². The van der Waals surface area contributed by atoms with Crippen LogP contribution >= 0.6 is 0 Å². The van der Waals surface area contributed by atoms with Gasteiger partial charge in [-0.05, 0) is 23.8 Å². The molecule has 7 nitrogen and oxygen atoms in total. The molecule has 2 rings (SSSR count). The van der Waals surface area contributed by atoms with Gasteiger partial charge in [-0.3, -0.25) is 4.79 Å². The second-order valence-corrected chi connectivity index (χ2v) is 4.64. The molecule has 0 aliphatic carbocycles. The molecule has 1 amide bonds. The Morgan fingerprint density at radius 3 is 2.86 bits per heavy atom. The summed E-state index contributed by atoms with van der Waals surface area (Å²) in [6.07, 6.45) is 1.90. The highest BCUT2D eigenvalue weighted by atomic mass is 16.5. The predicted octanol–water partition coefficient (Wildman–Crippen LogP) is 1.22. The Kier molecular flexibility index (Phi) is 5.26. The number of hydrogen-bond acceptors (Lipinski definition) is 4. The SMILES string of the molecule is COCCC(=O)NCc1cccc(-n2ccc(C(=O)O)n2)c1. The Morgan fingerprint density at radius 1 is 1.36 bits per heavy atom. The van der Waals surface area contributed by atoms with Gasteiger partial charge in [0.05, 0.1) is 12.3 Å². The van der Waals surface area contributed by atoms with Crippen LogP contribution in [-0.2, 0) is 16.1 Å². The molecule has 1 aromatic carbocycles. The molecule has 0 spiro atoms. The molecule has 0 radical (unpaired) electrons. The first-order valence-corrected chi connectivity index (χ1v) is 6.74. The van der Waals surface area contributed by atoms with Gasteiger partial charge in [0, 0.05) is 26.3 Å². The zero-order valence-electron chi connectivity index (χ0n) is 12.2. The fourth-order valence-electron chi connectivity index (χ4n) is 1.87. The van der Waals surface area contributed by atoms with E-state index in [0.717, 1.165) is 11.3 Å². The van der Waals surface area contributed by atoms with Crippen molar-refractivity contribution in [1.82, 2.24) is 15.1 Å².